The molecule has 0 radical (unpaired) electrons. The van der Waals surface area contributed by atoms with Gasteiger partial charge < -0.3 is 10.2 Å². The fourth-order valence-electron chi connectivity index (χ4n) is 3.13. The highest BCUT2D eigenvalue weighted by Crippen LogP contribution is 2.20. The average molecular weight is 239 g/mol. The summed E-state index contributed by atoms with van der Waals surface area (Å²) < 4.78 is 0. The van der Waals surface area contributed by atoms with Gasteiger partial charge in [0.15, 0.2) is 0 Å². The predicted octanol–water partition coefficient (Wildman–Crippen LogP) is 1.26. The first kappa shape index (κ1) is 13.3. The second kappa shape index (κ2) is 6.17. The molecule has 0 aliphatic carbocycles. The van der Waals surface area contributed by atoms with Gasteiger partial charge in [0.05, 0.1) is 0 Å². The zero-order valence-corrected chi connectivity index (χ0v) is 11.8. The number of nitrogens with zero attached hydrogens (tertiary/aromatic N) is 2. The van der Waals surface area contributed by atoms with Crippen LogP contribution in [0.25, 0.3) is 0 Å². The van der Waals surface area contributed by atoms with E-state index in [0.717, 1.165) is 17.9 Å². The van der Waals surface area contributed by atoms with Crippen LogP contribution < -0.4 is 5.32 Å². The van der Waals surface area contributed by atoms with Gasteiger partial charge in [-0.25, -0.2) is 0 Å². The molecule has 17 heavy (non-hydrogen) atoms. The van der Waals surface area contributed by atoms with Crippen molar-refractivity contribution < 1.29 is 0 Å². The third-order valence-corrected chi connectivity index (χ3v) is 4.59. The number of rotatable bonds is 3. The molecule has 0 saturated carbocycles. The predicted molar refractivity (Wildman–Crippen MR) is 73.3 cm³/mol. The van der Waals surface area contributed by atoms with Crippen LogP contribution in [-0.4, -0.2) is 61.7 Å². The van der Waals surface area contributed by atoms with Gasteiger partial charge in [-0.1, -0.05) is 6.92 Å². The lowest BCUT2D eigenvalue weighted by atomic mass is 9.87. The van der Waals surface area contributed by atoms with Crippen molar-refractivity contribution in [2.75, 3.05) is 45.8 Å². The van der Waals surface area contributed by atoms with Crippen molar-refractivity contribution in [3.63, 3.8) is 0 Å². The molecule has 0 aromatic carbocycles. The van der Waals surface area contributed by atoms with E-state index in [0.29, 0.717) is 0 Å². The van der Waals surface area contributed by atoms with Crippen molar-refractivity contribution in [2.45, 2.75) is 33.2 Å². The highest BCUT2D eigenvalue weighted by atomic mass is 15.3. The Kier molecular flexibility index (Phi) is 4.83. The molecule has 2 aliphatic heterocycles. The molecule has 2 heterocycles. The van der Waals surface area contributed by atoms with Gasteiger partial charge in [-0.15, -0.1) is 0 Å². The van der Waals surface area contributed by atoms with Crippen LogP contribution in [0, 0.1) is 11.8 Å². The highest BCUT2D eigenvalue weighted by Gasteiger charge is 2.25. The third-order valence-electron chi connectivity index (χ3n) is 4.59. The zero-order chi connectivity index (χ0) is 12.3. The first-order valence-corrected chi connectivity index (χ1v) is 7.34. The van der Waals surface area contributed by atoms with E-state index >= 15 is 0 Å². The van der Waals surface area contributed by atoms with Gasteiger partial charge in [0, 0.05) is 38.8 Å². The largest absolute Gasteiger partial charge is 0.316 e. The van der Waals surface area contributed by atoms with Crippen LogP contribution in [0.15, 0.2) is 0 Å². The van der Waals surface area contributed by atoms with E-state index in [9.17, 15) is 0 Å². The molecule has 2 atom stereocenters. The molecule has 1 N–H and O–H groups in total. The van der Waals surface area contributed by atoms with Gasteiger partial charge in [0.25, 0.3) is 0 Å². The minimum atomic E-state index is 0.718. The maximum Gasteiger partial charge on any atom is 0.0113 e. The molecule has 0 amide bonds. The first-order chi connectivity index (χ1) is 8.16. The van der Waals surface area contributed by atoms with Gasteiger partial charge in [0.1, 0.15) is 0 Å². The molecule has 0 spiro atoms. The van der Waals surface area contributed by atoms with Gasteiger partial charge in [0.2, 0.25) is 0 Å². The molecule has 3 heteroatoms. The highest BCUT2D eigenvalue weighted by molar-refractivity contribution is 4.81. The van der Waals surface area contributed by atoms with Crippen molar-refractivity contribution in [1.29, 1.82) is 0 Å². The van der Waals surface area contributed by atoms with Gasteiger partial charge in [-0.3, -0.25) is 4.90 Å². The summed E-state index contributed by atoms with van der Waals surface area (Å²) in [5, 5.41) is 3.50. The molecular weight excluding hydrogens is 210 g/mol. The maximum absolute atomic E-state index is 3.50. The monoisotopic (exact) mass is 239 g/mol. The minimum absolute atomic E-state index is 0.718. The topological polar surface area (TPSA) is 18.5 Å². The summed E-state index contributed by atoms with van der Waals surface area (Å²) in [6.45, 7) is 15.9. The molecule has 2 saturated heterocycles. The first-order valence-electron chi connectivity index (χ1n) is 7.34. The van der Waals surface area contributed by atoms with E-state index in [1.54, 1.807) is 0 Å². The quantitative estimate of drug-likeness (QED) is 0.800. The van der Waals surface area contributed by atoms with Crippen molar-refractivity contribution in [1.82, 2.24) is 15.1 Å². The fourth-order valence-corrected chi connectivity index (χ4v) is 3.13. The zero-order valence-electron chi connectivity index (χ0n) is 11.8. The molecule has 2 rings (SSSR count). The second-order valence-corrected chi connectivity index (χ2v) is 6.16. The SMILES string of the molecule is CC1CNCCC1CN1CCN(C(C)C)CC1. The van der Waals surface area contributed by atoms with E-state index in [1.807, 2.05) is 0 Å². The van der Waals surface area contributed by atoms with Crippen LogP contribution in [0.1, 0.15) is 27.2 Å². The normalized spacial score (nSPS) is 33.2. The molecular formula is C14H29N3. The lowest BCUT2D eigenvalue weighted by Crippen LogP contribution is -2.51. The summed E-state index contributed by atoms with van der Waals surface area (Å²) in [7, 11) is 0. The van der Waals surface area contributed by atoms with Crippen LogP contribution in [0.3, 0.4) is 0 Å². The molecule has 2 aliphatic rings. The standard InChI is InChI=1S/C14H29N3/c1-12(2)17-8-6-16(7-9-17)11-14-4-5-15-10-13(14)3/h12-15H,4-11H2,1-3H3. The summed E-state index contributed by atoms with van der Waals surface area (Å²) in [5.41, 5.74) is 0. The van der Waals surface area contributed by atoms with Crippen LogP contribution in [0.5, 0.6) is 0 Å². The Morgan fingerprint density at radius 1 is 1.18 bits per heavy atom. The minimum Gasteiger partial charge on any atom is -0.316 e. The van der Waals surface area contributed by atoms with Gasteiger partial charge in [-0.2, -0.15) is 0 Å². The molecule has 0 bridgehead atoms. The molecule has 2 unspecified atom stereocenters. The van der Waals surface area contributed by atoms with Crippen molar-refractivity contribution in [3.05, 3.63) is 0 Å². The number of piperidine rings is 1. The number of hydrogen-bond acceptors (Lipinski definition) is 3. The Bertz CT molecular complexity index is 222. The lowest BCUT2D eigenvalue weighted by Gasteiger charge is -2.40. The number of nitrogens with one attached hydrogen (secondary N) is 1. The summed E-state index contributed by atoms with van der Waals surface area (Å²) in [4.78, 5) is 5.29. The van der Waals surface area contributed by atoms with Gasteiger partial charge >= 0.3 is 0 Å². The van der Waals surface area contributed by atoms with Crippen molar-refractivity contribution in [2.24, 2.45) is 11.8 Å². The average Bonchev–Trinajstić information content (AvgIpc) is 2.33. The maximum atomic E-state index is 3.50. The van der Waals surface area contributed by atoms with Crippen LogP contribution in [0.2, 0.25) is 0 Å². The van der Waals surface area contributed by atoms with E-state index in [4.69, 9.17) is 0 Å². The molecule has 100 valence electrons. The fraction of sp³-hybridized carbons (Fsp3) is 1.00. The summed E-state index contributed by atoms with van der Waals surface area (Å²) in [6, 6.07) is 0.718. The second-order valence-electron chi connectivity index (χ2n) is 6.16. The van der Waals surface area contributed by atoms with E-state index in [2.05, 4.69) is 35.9 Å². The Balaban J connectivity index is 1.73. The van der Waals surface area contributed by atoms with Crippen LogP contribution in [-0.2, 0) is 0 Å². The van der Waals surface area contributed by atoms with E-state index < -0.39 is 0 Å². The van der Waals surface area contributed by atoms with E-state index in [1.165, 1.54) is 52.2 Å². The third kappa shape index (κ3) is 3.67. The number of piperazine rings is 1. The Labute approximate surface area is 107 Å². The molecule has 0 aromatic heterocycles. The summed E-state index contributed by atoms with van der Waals surface area (Å²) >= 11 is 0. The Morgan fingerprint density at radius 3 is 2.47 bits per heavy atom. The smallest absolute Gasteiger partial charge is 0.0113 e. The van der Waals surface area contributed by atoms with Crippen molar-refractivity contribution >= 4 is 0 Å². The van der Waals surface area contributed by atoms with Crippen LogP contribution in [0.4, 0.5) is 0 Å². The molecule has 3 nitrogen and oxygen atoms in total. The Morgan fingerprint density at radius 2 is 1.88 bits per heavy atom. The summed E-state index contributed by atoms with van der Waals surface area (Å²) in [6.07, 6.45) is 1.37. The summed E-state index contributed by atoms with van der Waals surface area (Å²) in [5.74, 6) is 1.77. The molecule has 0 aromatic rings. The van der Waals surface area contributed by atoms with Crippen LogP contribution >= 0.6 is 0 Å². The number of hydrogen-bond donors (Lipinski definition) is 1. The lowest BCUT2D eigenvalue weighted by molar-refractivity contribution is 0.0824. The Hall–Kier alpha value is -0.120. The molecule has 2 fully saturated rings. The van der Waals surface area contributed by atoms with E-state index in [-0.39, 0.29) is 0 Å². The van der Waals surface area contributed by atoms with Gasteiger partial charge in [-0.05, 0) is 45.2 Å². The van der Waals surface area contributed by atoms with Crippen molar-refractivity contribution in [3.8, 4) is 0 Å².